The quantitative estimate of drug-likeness (QED) is 0.0892. The molecule has 2 aromatic heterocycles. The normalized spacial score (nSPS) is 19.6. The number of hydrogen-bond acceptors (Lipinski definition) is 14. The van der Waals surface area contributed by atoms with Gasteiger partial charge in [-0.2, -0.15) is 5.10 Å². The summed E-state index contributed by atoms with van der Waals surface area (Å²) in [6.07, 6.45) is 3.97. The molecule has 2 unspecified atom stereocenters. The van der Waals surface area contributed by atoms with E-state index in [9.17, 15) is 19.5 Å². The van der Waals surface area contributed by atoms with Crippen LogP contribution in [0.3, 0.4) is 0 Å². The molecule has 326 valence electrons. The molecule has 18 nitrogen and oxygen atoms in total. The molecule has 8 rings (SSSR count). The van der Waals surface area contributed by atoms with E-state index < -0.39 is 12.3 Å². The highest BCUT2D eigenvalue weighted by atomic mass is 16.6. The van der Waals surface area contributed by atoms with Gasteiger partial charge in [0, 0.05) is 56.4 Å². The van der Waals surface area contributed by atoms with Crippen molar-refractivity contribution in [3.63, 3.8) is 0 Å². The lowest BCUT2D eigenvalue weighted by Gasteiger charge is -2.35. The molecule has 18 heteroatoms. The minimum absolute atomic E-state index is 0.0656. The number of nitrogens with zero attached hydrogens (tertiary/aromatic N) is 6. The third-order valence-corrected chi connectivity index (χ3v) is 11.5. The first kappa shape index (κ1) is 42.3. The molecule has 4 N–H and O–H groups in total. The highest BCUT2D eigenvalue weighted by molar-refractivity contribution is 6.05. The van der Waals surface area contributed by atoms with E-state index in [2.05, 4.69) is 42.6 Å². The van der Waals surface area contributed by atoms with E-state index in [1.165, 1.54) is 0 Å². The number of aromatic nitrogens is 4. The molecule has 0 bridgehead atoms. The maximum Gasteiger partial charge on any atom is 0.257 e. The summed E-state index contributed by atoms with van der Waals surface area (Å²) in [6, 6.07) is 13.0. The van der Waals surface area contributed by atoms with Gasteiger partial charge in [-0.25, -0.2) is 9.97 Å². The Kier molecular flexibility index (Phi) is 13.5. The average molecular weight is 842 g/mol. The number of piperidine rings is 1. The van der Waals surface area contributed by atoms with Gasteiger partial charge in [-0.05, 0) is 62.4 Å². The van der Waals surface area contributed by atoms with Gasteiger partial charge < -0.3 is 54.1 Å². The highest BCUT2D eigenvalue weighted by Gasteiger charge is 2.41. The lowest BCUT2D eigenvalue weighted by Crippen LogP contribution is -2.54. The maximum atomic E-state index is 13.2. The zero-order valence-electron chi connectivity index (χ0n) is 34.6. The Morgan fingerprint density at radius 1 is 0.902 bits per heavy atom. The second kappa shape index (κ2) is 19.5. The van der Waals surface area contributed by atoms with Gasteiger partial charge in [0.2, 0.25) is 11.8 Å². The SMILES string of the molecule is CC1(Oc2ccc3[nH]nc(-c4cc(N5CCN(C(=O)CCOCCOCCOCCOCCNc6cccc7c6C(=O)N(C6CCC(O)NC6=O)C7)CC5)ncn4)c3c2)CC1. The molecule has 61 heavy (non-hydrogen) atoms. The van der Waals surface area contributed by atoms with Crippen molar-refractivity contribution < 1.29 is 43.2 Å². The Hall–Kier alpha value is -5.40. The number of H-pyrrole nitrogens is 1. The van der Waals surface area contributed by atoms with Crippen LogP contribution in [0.25, 0.3) is 22.3 Å². The van der Waals surface area contributed by atoms with Gasteiger partial charge in [0.1, 0.15) is 41.5 Å². The van der Waals surface area contributed by atoms with Crippen molar-refractivity contribution in [3.8, 4) is 17.1 Å². The summed E-state index contributed by atoms with van der Waals surface area (Å²) in [6.45, 7) is 8.73. The second-order valence-corrected chi connectivity index (χ2v) is 16.0. The van der Waals surface area contributed by atoms with Crippen molar-refractivity contribution in [1.82, 2.24) is 35.3 Å². The molecule has 0 spiro atoms. The Morgan fingerprint density at radius 2 is 1.64 bits per heavy atom. The highest BCUT2D eigenvalue weighted by Crippen LogP contribution is 2.41. The van der Waals surface area contributed by atoms with Crippen LogP contribution in [0.2, 0.25) is 0 Å². The number of hydrogen-bond donors (Lipinski definition) is 4. The molecule has 1 aliphatic carbocycles. The van der Waals surface area contributed by atoms with Crippen molar-refractivity contribution in [2.75, 3.05) is 95.8 Å². The molecule has 4 aromatic rings. The number of nitrogens with one attached hydrogen (secondary N) is 3. The Morgan fingerprint density at radius 3 is 2.38 bits per heavy atom. The van der Waals surface area contributed by atoms with Crippen LogP contribution in [0.5, 0.6) is 5.75 Å². The lowest BCUT2D eigenvalue weighted by molar-refractivity contribution is -0.133. The van der Waals surface area contributed by atoms with Crippen molar-refractivity contribution in [2.45, 2.75) is 63.4 Å². The first-order valence-electron chi connectivity index (χ1n) is 21.2. The Labute approximate surface area is 354 Å². The molecule has 3 amide bonds. The summed E-state index contributed by atoms with van der Waals surface area (Å²) in [5.41, 5.74) is 4.48. The standard InChI is InChI=1S/C43H55N9O9/c1-43(10-11-43)61-30-5-6-32-31(25-30)40(49-48-32)34-26-36(46-28-45-34)50-13-15-51(16-14-50)38(54)9-17-57-19-21-59-23-24-60-22-20-58-18-12-44-33-4-2-3-29-27-52(42(56)39(29)33)35-7-8-37(53)47-41(35)55/h2-6,25-26,28,35,37,44,53H,7-24,27H2,1H3,(H,47,55)(H,48,49). The third-order valence-electron chi connectivity index (χ3n) is 11.5. The van der Waals surface area contributed by atoms with E-state index in [-0.39, 0.29) is 23.3 Å². The average Bonchev–Trinajstić information content (AvgIpc) is 3.68. The second-order valence-electron chi connectivity index (χ2n) is 16.0. The fourth-order valence-electron chi connectivity index (χ4n) is 7.85. The van der Waals surface area contributed by atoms with E-state index in [1.807, 2.05) is 47.4 Å². The number of ether oxygens (including phenoxy) is 5. The first-order chi connectivity index (χ1) is 29.7. The molecular weight excluding hydrogens is 787 g/mol. The van der Waals surface area contributed by atoms with Crippen LogP contribution in [0.4, 0.5) is 11.5 Å². The number of fused-ring (bicyclic) bond motifs is 2. The number of carbonyl (C=O) groups is 3. The summed E-state index contributed by atoms with van der Waals surface area (Å²) in [7, 11) is 0. The van der Waals surface area contributed by atoms with Crippen LogP contribution in [-0.4, -0.2) is 156 Å². The first-order valence-corrected chi connectivity index (χ1v) is 21.2. The number of carbonyl (C=O) groups excluding carboxylic acids is 3. The molecular formula is C43H55N9O9. The van der Waals surface area contributed by atoms with Crippen LogP contribution in [0.1, 0.15) is 54.9 Å². The van der Waals surface area contributed by atoms with E-state index in [0.717, 1.165) is 52.3 Å². The summed E-state index contributed by atoms with van der Waals surface area (Å²) in [5, 5.41) is 24.1. The largest absolute Gasteiger partial charge is 0.488 e. The van der Waals surface area contributed by atoms with Crippen LogP contribution >= 0.6 is 0 Å². The van der Waals surface area contributed by atoms with Crippen LogP contribution < -0.4 is 20.3 Å². The van der Waals surface area contributed by atoms with Gasteiger partial charge in [-0.1, -0.05) is 12.1 Å². The fraction of sp³-hybridized carbons (Fsp3) is 0.535. The van der Waals surface area contributed by atoms with Gasteiger partial charge in [0.25, 0.3) is 5.91 Å². The minimum atomic E-state index is -0.862. The van der Waals surface area contributed by atoms with Gasteiger partial charge in [0.15, 0.2) is 0 Å². The van der Waals surface area contributed by atoms with E-state index in [1.54, 1.807) is 11.2 Å². The summed E-state index contributed by atoms with van der Waals surface area (Å²) in [5.74, 6) is 1.18. The molecule has 2 saturated heterocycles. The van der Waals surface area contributed by atoms with Gasteiger partial charge in [-0.3, -0.25) is 19.5 Å². The van der Waals surface area contributed by atoms with Crippen LogP contribution in [0, 0.1) is 0 Å². The van der Waals surface area contributed by atoms with Crippen molar-refractivity contribution in [1.29, 1.82) is 0 Å². The Balaban J connectivity index is 0.639. The number of aromatic amines is 1. The molecule has 5 heterocycles. The smallest absolute Gasteiger partial charge is 0.257 e. The van der Waals surface area contributed by atoms with Crippen molar-refractivity contribution in [3.05, 3.63) is 59.9 Å². The molecule has 0 radical (unpaired) electrons. The number of anilines is 2. The number of amides is 3. The fourth-order valence-corrected chi connectivity index (χ4v) is 7.85. The van der Waals surface area contributed by atoms with Crippen LogP contribution in [0.15, 0.2) is 48.8 Å². The predicted molar refractivity (Wildman–Crippen MR) is 224 cm³/mol. The number of benzene rings is 2. The number of piperazine rings is 1. The van der Waals surface area contributed by atoms with Crippen LogP contribution in [-0.2, 0) is 35.1 Å². The molecule has 2 atom stereocenters. The monoisotopic (exact) mass is 841 g/mol. The van der Waals surface area contributed by atoms with E-state index in [0.29, 0.717) is 123 Å². The van der Waals surface area contributed by atoms with Crippen molar-refractivity contribution in [2.24, 2.45) is 0 Å². The topological polar surface area (TPSA) is 206 Å². The predicted octanol–water partition coefficient (Wildman–Crippen LogP) is 2.72. The maximum absolute atomic E-state index is 13.2. The van der Waals surface area contributed by atoms with Gasteiger partial charge >= 0.3 is 0 Å². The lowest BCUT2D eigenvalue weighted by atomic mass is 10.0. The molecule has 3 aliphatic heterocycles. The zero-order chi connectivity index (χ0) is 42.2. The molecule has 1 saturated carbocycles. The van der Waals surface area contributed by atoms with Crippen molar-refractivity contribution >= 4 is 40.1 Å². The molecule has 3 fully saturated rings. The van der Waals surface area contributed by atoms with Gasteiger partial charge in [-0.15, -0.1) is 0 Å². The minimum Gasteiger partial charge on any atom is -0.488 e. The van der Waals surface area contributed by atoms with E-state index in [4.69, 9.17) is 23.7 Å². The number of rotatable bonds is 21. The number of aliphatic hydroxyl groups excluding tert-OH is 1. The zero-order valence-corrected chi connectivity index (χ0v) is 34.6. The molecule has 2 aromatic carbocycles. The Bertz CT molecular complexity index is 2160. The number of aliphatic hydroxyl groups is 1. The summed E-state index contributed by atoms with van der Waals surface area (Å²) in [4.78, 5) is 53.2. The third kappa shape index (κ3) is 10.6. The summed E-state index contributed by atoms with van der Waals surface area (Å²) >= 11 is 0. The molecule has 4 aliphatic rings. The van der Waals surface area contributed by atoms with Gasteiger partial charge in [0.05, 0.1) is 76.0 Å². The van der Waals surface area contributed by atoms with E-state index >= 15 is 0 Å². The summed E-state index contributed by atoms with van der Waals surface area (Å²) < 4.78 is 28.7.